The molecule has 3 N–H and O–H groups in total. The van der Waals surface area contributed by atoms with Crippen LogP contribution in [-0.2, 0) is 10.1 Å². The molecule has 0 bridgehead atoms. The van der Waals surface area contributed by atoms with Gasteiger partial charge < -0.3 is 10.6 Å². The smallest absolute Gasteiger partial charge is 0.294 e. The summed E-state index contributed by atoms with van der Waals surface area (Å²) in [7, 11) is -4.02. The van der Waals surface area contributed by atoms with Crippen LogP contribution in [0.15, 0.2) is 56.8 Å². The van der Waals surface area contributed by atoms with E-state index in [1.54, 1.807) is 24.3 Å². The van der Waals surface area contributed by atoms with Gasteiger partial charge in [0.2, 0.25) is 0 Å². The summed E-state index contributed by atoms with van der Waals surface area (Å²) >= 11 is 3.27. The van der Waals surface area contributed by atoms with Crippen molar-refractivity contribution in [3.05, 3.63) is 58.3 Å². The van der Waals surface area contributed by atoms with Crippen molar-refractivity contribution in [2.45, 2.75) is 11.8 Å². The van der Waals surface area contributed by atoms with Gasteiger partial charge in [-0.15, -0.1) is 0 Å². The molecule has 25 heavy (non-hydrogen) atoms. The number of para-hydroxylation sites is 1. The molecule has 0 radical (unpaired) electrons. The number of nitrogens with zero attached hydrogens (tertiary/aromatic N) is 1. The molecule has 0 saturated heterocycles. The number of halogens is 2. The van der Waals surface area contributed by atoms with Crippen molar-refractivity contribution in [3.8, 4) is 0 Å². The third kappa shape index (κ3) is 5.80. The van der Waals surface area contributed by atoms with E-state index in [-0.39, 0.29) is 10.7 Å². The maximum Gasteiger partial charge on any atom is 0.294 e. The minimum absolute atomic E-state index is 0.0666. The maximum atomic E-state index is 13.3. The van der Waals surface area contributed by atoms with Gasteiger partial charge in [0, 0.05) is 11.0 Å². The number of nitrogens with one attached hydrogen (secondary N) is 2. The molecule has 0 spiro atoms. The summed E-state index contributed by atoms with van der Waals surface area (Å²) in [6.07, 6.45) is 0. The summed E-state index contributed by atoms with van der Waals surface area (Å²) in [6.45, 7) is 3.37. The third-order valence-corrected chi connectivity index (χ3v) is 4.73. The zero-order valence-corrected chi connectivity index (χ0v) is 15.7. The van der Waals surface area contributed by atoms with Gasteiger partial charge >= 0.3 is 0 Å². The number of guanidine groups is 1. The third-order valence-electron chi connectivity index (χ3n) is 3.20. The van der Waals surface area contributed by atoms with Crippen molar-refractivity contribution in [2.24, 2.45) is 4.99 Å². The number of hydrogen-bond donors (Lipinski definition) is 3. The molecule has 9 heteroatoms. The van der Waals surface area contributed by atoms with Gasteiger partial charge in [0.15, 0.2) is 5.96 Å². The minimum atomic E-state index is -4.02. The monoisotopic (exact) mass is 429 g/mol. The second-order valence-corrected chi connectivity index (χ2v) is 7.44. The van der Waals surface area contributed by atoms with E-state index in [4.69, 9.17) is 4.55 Å². The fraction of sp³-hybridized carbons (Fsp3) is 0.188. The number of anilines is 1. The van der Waals surface area contributed by atoms with Crippen molar-refractivity contribution >= 4 is 37.7 Å². The molecule has 0 unspecified atom stereocenters. The van der Waals surface area contributed by atoms with Crippen molar-refractivity contribution in [1.82, 2.24) is 5.32 Å². The van der Waals surface area contributed by atoms with Gasteiger partial charge in [-0.3, -0.25) is 9.55 Å². The number of aryl methyl sites for hydroxylation is 1. The first-order valence-corrected chi connectivity index (χ1v) is 9.54. The number of rotatable bonds is 2. The van der Waals surface area contributed by atoms with Gasteiger partial charge in [0.05, 0.1) is 17.1 Å². The van der Waals surface area contributed by atoms with E-state index in [9.17, 15) is 12.8 Å². The molecule has 0 saturated carbocycles. The molecule has 6 nitrogen and oxygen atoms in total. The predicted molar refractivity (Wildman–Crippen MR) is 99.0 cm³/mol. The molecule has 0 fully saturated rings. The first-order chi connectivity index (χ1) is 11.8. The van der Waals surface area contributed by atoms with Crippen LogP contribution in [0.25, 0.3) is 0 Å². The van der Waals surface area contributed by atoms with Crippen molar-refractivity contribution in [1.29, 1.82) is 0 Å². The number of aliphatic imine (C=N–C) groups is 1. The lowest BCUT2D eigenvalue weighted by atomic mass is 10.2. The molecule has 3 rings (SSSR count). The fourth-order valence-corrected chi connectivity index (χ4v) is 2.85. The summed E-state index contributed by atoms with van der Waals surface area (Å²) in [5, 5.41) is 5.91. The van der Waals surface area contributed by atoms with Crippen LogP contribution in [0.3, 0.4) is 0 Å². The number of hydrogen-bond acceptors (Lipinski definition) is 5. The van der Waals surface area contributed by atoms with Crippen LogP contribution >= 0.6 is 15.9 Å². The van der Waals surface area contributed by atoms with Gasteiger partial charge in [-0.2, -0.15) is 8.42 Å². The van der Waals surface area contributed by atoms with E-state index in [1.807, 2.05) is 6.92 Å². The maximum absolute atomic E-state index is 13.3. The van der Waals surface area contributed by atoms with Gasteiger partial charge in [-0.25, -0.2) is 4.39 Å². The molecule has 134 valence electrons. The molecule has 2 aromatic rings. The van der Waals surface area contributed by atoms with Crippen molar-refractivity contribution in [2.75, 3.05) is 18.4 Å². The van der Waals surface area contributed by atoms with Crippen molar-refractivity contribution < 1.29 is 17.4 Å². The molecule has 1 aliphatic rings. The topological polar surface area (TPSA) is 90.8 Å². The molecule has 2 aromatic carbocycles. The van der Waals surface area contributed by atoms with Gasteiger partial charge in [-0.1, -0.05) is 23.8 Å². The van der Waals surface area contributed by atoms with Gasteiger partial charge in [-0.05, 0) is 47.1 Å². The molecule has 0 aliphatic carbocycles. The molecular formula is C16H17BrFN3O3S. The molecule has 1 aliphatic heterocycles. The Kier molecular flexibility index (Phi) is 6.51. The standard InChI is InChI=1S/C9H9BrFN3.C7H8O3S/c10-6-2-1-3-7(11)8(6)14-9-12-4-5-13-9;1-6-2-4-7(5-3-6)11(8,9)10/h1-3H,4-5H2,(H2,12,13,14);2-5H,1H3,(H,8,9,10). The van der Waals surface area contributed by atoms with Crippen LogP contribution in [0.1, 0.15) is 5.56 Å². The Labute approximate surface area is 154 Å². The van der Waals surface area contributed by atoms with Crippen LogP contribution in [0.2, 0.25) is 0 Å². The Balaban J connectivity index is 0.000000186. The van der Waals surface area contributed by atoms with E-state index in [0.29, 0.717) is 16.1 Å². The highest BCUT2D eigenvalue weighted by atomic mass is 79.9. The van der Waals surface area contributed by atoms with Crippen LogP contribution in [0, 0.1) is 12.7 Å². The second-order valence-electron chi connectivity index (χ2n) is 5.17. The summed E-state index contributed by atoms with van der Waals surface area (Å²) in [5.41, 5.74) is 1.37. The highest BCUT2D eigenvalue weighted by Crippen LogP contribution is 2.25. The lowest BCUT2D eigenvalue weighted by Crippen LogP contribution is -2.26. The van der Waals surface area contributed by atoms with Crippen LogP contribution in [-0.4, -0.2) is 32.0 Å². The molecule has 0 atom stereocenters. The Morgan fingerprint density at radius 3 is 2.44 bits per heavy atom. The summed E-state index contributed by atoms with van der Waals surface area (Å²) in [5.74, 6) is 0.326. The molecule has 0 aromatic heterocycles. The Morgan fingerprint density at radius 1 is 1.24 bits per heavy atom. The van der Waals surface area contributed by atoms with Crippen LogP contribution in [0.4, 0.5) is 10.1 Å². The quantitative estimate of drug-likeness (QED) is 0.637. The van der Waals surface area contributed by atoms with Crippen LogP contribution < -0.4 is 10.6 Å². The Bertz CT molecular complexity index is 850. The van der Waals surface area contributed by atoms with E-state index in [1.165, 1.54) is 18.2 Å². The highest BCUT2D eigenvalue weighted by molar-refractivity contribution is 9.10. The van der Waals surface area contributed by atoms with E-state index >= 15 is 0 Å². The van der Waals surface area contributed by atoms with E-state index in [2.05, 4.69) is 31.6 Å². The average Bonchev–Trinajstić information content (AvgIpc) is 3.04. The first kappa shape index (κ1) is 19.4. The summed E-state index contributed by atoms with van der Waals surface area (Å²) < 4.78 is 43.6. The minimum Gasteiger partial charge on any atom is -0.354 e. The predicted octanol–water partition coefficient (Wildman–Crippen LogP) is 3.20. The Morgan fingerprint density at radius 2 is 1.92 bits per heavy atom. The molecule has 0 amide bonds. The lowest BCUT2D eigenvalue weighted by molar-refractivity contribution is 0.483. The van der Waals surface area contributed by atoms with Crippen molar-refractivity contribution in [3.63, 3.8) is 0 Å². The van der Waals surface area contributed by atoms with E-state index in [0.717, 1.165) is 18.7 Å². The zero-order valence-electron chi connectivity index (χ0n) is 13.3. The largest absolute Gasteiger partial charge is 0.354 e. The molecular weight excluding hydrogens is 413 g/mol. The van der Waals surface area contributed by atoms with Crippen LogP contribution in [0.5, 0.6) is 0 Å². The van der Waals surface area contributed by atoms with E-state index < -0.39 is 10.1 Å². The van der Waals surface area contributed by atoms with Gasteiger partial charge in [0.1, 0.15) is 5.82 Å². The number of benzene rings is 2. The normalized spacial score (nSPS) is 13.4. The Hall–Kier alpha value is -1.97. The second kappa shape index (κ2) is 8.41. The lowest BCUT2D eigenvalue weighted by Gasteiger charge is -2.09. The van der Waals surface area contributed by atoms with Gasteiger partial charge in [0.25, 0.3) is 10.1 Å². The first-order valence-electron chi connectivity index (χ1n) is 7.31. The summed E-state index contributed by atoms with van der Waals surface area (Å²) in [6, 6.07) is 10.8. The molecule has 1 heterocycles. The zero-order chi connectivity index (χ0) is 18.4. The average molecular weight is 430 g/mol. The highest BCUT2D eigenvalue weighted by Gasteiger charge is 2.10. The fourth-order valence-electron chi connectivity index (χ4n) is 1.93. The SMILES string of the molecule is Cc1ccc(S(=O)(=O)O)cc1.Fc1cccc(Br)c1NC1=NCCN1. The summed E-state index contributed by atoms with van der Waals surface area (Å²) in [4.78, 5) is 4.05.